The Morgan fingerprint density at radius 1 is 0.839 bits per heavy atom. The first-order chi connectivity index (χ1) is 14.4. The van der Waals surface area contributed by atoms with Crippen LogP contribution < -0.4 is 0 Å². The Hall–Kier alpha value is -0.300. The molecular weight excluding hydrogens is 376 g/mol. The molecule has 3 aliphatic carbocycles. The van der Waals surface area contributed by atoms with Crippen molar-refractivity contribution in [1.82, 2.24) is 0 Å². The molecule has 2 saturated heterocycles. The molecule has 3 saturated carbocycles. The molecule has 2 bridgehead atoms. The number of allylic oxidation sites excluding steroid dienone is 2. The summed E-state index contributed by atoms with van der Waals surface area (Å²) in [5.41, 5.74) is 3.43. The number of ether oxygens (including phenoxy) is 1. The van der Waals surface area contributed by atoms with E-state index in [1.165, 1.54) is 69.8 Å². The second-order valence-corrected chi connectivity index (χ2v) is 14.3. The Balaban J connectivity index is 1.44. The third-order valence-corrected chi connectivity index (χ3v) is 12.8. The van der Waals surface area contributed by atoms with E-state index < -0.39 is 0 Å². The van der Waals surface area contributed by atoms with E-state index in [0.29, 0.717) is 27.8 Å². The monoisotopic (exact) mass is 426 g/mol. The predicted octanol–water partition coefficient (Wildman–Crippen LogP) is 8.58. The summed E-state index contributed by atoms with van der Waals surface area (Å²) >= 11 is 0. The van der Waals surface area contributed by atoms with Crippen LogP contribution in [0.4, 0.5) is 0 Å². The lowest BCUT2D eigenvalue weighted by atomic mass is 9.36. The van der Waals surface area contributed by atoms with Crippen molar-refractivity contribution in [3.63, 3.8) is 0 Å². The van der Waals surface area contributed by atoms with Crippen LogP contribution in [-0.2, 0) is 4.74 Å². The van der Waals surface area contributed by atoms with Crippen LogP contribution >= 0.6 is 0 Å². The number of rotatable bonds is 4. The summed E-state index contributed by atoms with van der Waals surface area (Å²) in [6, 6.07) is 0. The minimum absolute atomic E-state index is 0.182. The van der Waals surface area contributed by atoms with Gasteiger partial charge in [0.05, 0.1) is 11.7 Å². The summed E-state index contributed by atoms with van der Waals surface area (Å²) < 4.78 is 7.12. The molecule has 2 heterocycles. The molecule has 1 spiro atoms. The van der Waals surface area contributed by atoms with Crippen LogP contribution in [0.15, 0.2) is 11.6 Å². The van der Waals surface area contributed by atoms with Crippen LogP contribution in [0.5, 0.6) is 0 Å². The largest absolute Gasteiger partial charge is 0.370 e. The van der Waals surface area contributed by atoms with Gasteiger partial charge in [-0.2, -0.15) is 0 Å². The quantitative estimate of drug-likeness (QED) is 0.409. The van der Waals surface area contributed by atoms with E-state index in [0.717, 1.165) is 23.7 Å². The molecule has 9 atom stereocenters. The van der Waals surface area contributed by atoms with Gasteiger partial charge in [0.1, 0.15) is 0 Å². The van der Waals surface area contributed by atoms with Gasteiger partial charge in [-0.25, -0.2) is 0 Å². The summed E-state index contributed by atoms with van der Waals surface area (Å²) in [4.78, 5) is 0. The van der Waals surface area contributed by atoms with Crippen LogP contribution in [0.1, 0.15) is 120 Å². The number of hydrogen-bond donors (Lipinski definition) is 0. The minimum atomic E-state index is 0.182. The summed E-state index contributed by atoms with van der Waals surface area (Å²) in [6.07, 6.45) is 16.9. The minimum Gasteiger partial charge on any atom is -0.370 e. The molecular formula is C30H50O. The van der Waals surface area contributed by atoms with E-state index in [4.69, 9.17) is 4.74 Å². The standard InChI is InChI=1S/C30H50O/c1-20(2)10-9-11-21(3)22-14-16-28(7)24-13-12-23-26(4,5)25-15-17-30(23,31-25)29(24,8)19-18-27(22,28)6/h10,21-25H,9,11-19H2,1-8H3/t21-,22-,23-,24+,25-,27-,28+,29+,30+/m1/s1. The molecule has 31 heavy (non-hydrogen) atoms. The zero-order valence-corrected chi connectivity index (χ0v) is 21.9. The molecule has 0 aromatic heterocycles. The first-order valence-electron chi connectivity index (χ1n) is 13.7. The zero-order chi connectivity index (χ0) is 22.4. The van der Waals surface area contributed by atoms with Crippen LogP contribution in [0, 0.1) is 45.3 Å². The Labute approximate surface area is 193 Å². The van der Waals surface area contributed by atoms with E-state index in [-0.39, 0.29) is 5.60 Å². The van der Waals surface area contributed by atoms with E-state index >= 15 is 0 Å². The second-order valence-electron chi connectivity index (χ2n) is 14.3. The van der Waals surface area contributed by atoms with E-state index in [1.54, 1.807) is 0 Å². The Kier molecular flexibility index (Phi) is 4.98. The lowest BCUT2D eigenvalue weighted by molar-refractivity contribution is -0.230. The Bertz CT molecular complexity index is 760. The van der Waals surface area contributed by atoms with Gasteiger partial charge in [-0.3, -0.25) is 0 Å². The van der Waals surface area contributed by atoms with Crippen LogP contribution in [0.25, 0.3) is 0 Å². The molecule has 0 aromatic carbocycles. The second kappa shape index (κ2) is 6.86. The third kappa shape index (κ3) is 2.65. The maximum Gasteiger partial charge on any atom is 0.0777 e. The van der Waals surface area contributed by atoms with Crippen molar-refractivity contribution in [3.8, 4) is 0 Å². The predicted molar refractivity (Wildman–Crippen MR) is 131 cm³/mol. The molecule has 5 aliphatic rings. The van der Waals surface area contributed by atoms with Gasteiger partial charge < -0.3 is 4.74 Å². The molecule has 1 heteroatoms. The van der Waals surface area contributed by atoms with E-state index in [9.17, 15) is 0 Å². The first-order valence-corrected chi connectivity index (χ1v) is 13.7. The van der Waals surface area contributed by atoms with Crippen molar-refractivity contribution in [2.24, 2.45) is 45.3 Å². The topological polar surface area (TPSA) is 9.23 Å². The normalized spacial score (nSPS) is 52.9. The summed E-state index contributed by atoms with van der Waals surface area (Å²) in [7, 11) is 0. The van der Waals surface area contributed by atoms with Crippen molar-refractivity contribution in [2.75, 3.05) is 0 Å². The van der Waals surface area contributed by atoms with Gasteiger partial charge in [-0.05, 0) is 118 Å². The fourth-order valence-corrected chi connectivity index (χ4v) is 10.9. The van der Waals surface area contributed by atoms with Crippen molar-refractivity contribution < 1.29 is 4.74 Å². The Morgan fingerprint density at radius 2 is 1.52 bits per heavy atom. The molecule has 176 valence electrons. The first kappa shape index (κ1) is 22.5. The molecule has 0 radical (unpaired) electrons. The summed E-state index contributed by atoms with van der Waals surface area (Å²) in [5.74, 6) is 3.38. The molecule has 0 N–H and O–H groups in total. The van der Waals surface area contributed by atoms with Crippen molar-refractivity contribution in [3.05, 3.63) is 11.6 Å². The maximum atomic E-state index is 7.12. The van der Waals surface area contributed by atoms with Gasteiger partial charge in [-0.1, -0.05) is 53.2 Å². The van der Waals surface area contributed by atoms with Gasteiger partial charge in [0.15, 0.2) is 0 Å². The highest BCUT2D eigenvalue weighted by atomic mass is 16.5. The van der Waals surface area contributed by atoms with Gasteiger partial charge in [0.25, 0.3) is 0 Å². The fraction of sp³-hybridized carbons (Fsp3) is 0.933. The average Bonchev–Trinajstić information content (AvgIpc) is 3.30. The molecule has 5 rings (SSSR count). The summed E-state index contributed by atoms with van der Waals surface area (Å²) in [6.45, 7) is 20.3. The molecule has 1 nitrogen and oxygen atoms in total. The van der Waals surface area contributed by atoms with Gasteiger partial charge in [0.2, 0.25) is 0 Å². The molecule has 2 aliphatic heterocycles. The summed E-state index contributed by atoms with van der Waals surface area (Å²) in [5, 5.41) is 0. The van der Waals surface area contributed by atoms with Crippen LogP contribution in [-0.4, -0.2) is 11.7 Å². The van der Waals surface area contributed by atoms with Crippen molar-refractivity contribution in [1.29, 1.82) is 0 Å². The highest BCUT2D eigenvalue weighted by molar-refractivity contribution is 5.25. The SMILES string of the molecule is CC(C)=CCC[C@@H](C)[C@H]1CC[C@@]2(C)[C@@H]3CC[C@@H]4C(C)(C)[C@H]5CC[C@@]4(O5)[C@@]3(C)CC[C@]12C. The van der Waals surface area contributed by atoms with Crippen molar-refractivity contribution in [2.45, 2.75) is 131 Å². The number of fused-ring (bicyclic) bond motifs is 4. The molecule has 5 fully saturated rings. The highest BCUT2D eigenvalue weighted by Gasteiger charge is 2.76. The molecule has 0 unspecified atom stereocenters. The van der Waals surface area contributed by atoms with Crippen LogP contribution in [0.3, 0.4) is 0 Å². The van der Waals surface area contributed by atoms with E-state index in [2.05, 4.69) is 61.5 Å². The molecule has 0 aromatic rings. The lowest BCUT2D eigenvalue weighted by Gasteiger charge is -2.68. The van der Waals surface area contributed by atoms with Crippen LogP contribution in [0.2, 0.25) is 0 Å². The number of hydrogen-bond acceptors (Lipinski definition) is 1. The lowest BCUT2D eigenvalue weighted by Crippen LogP contribution is -2.66. The smallest absolute Gasteiger partial charge is 0.0777 e. The average molecular weight is 427 g/mol. The maximum absolute atomic E-state index is 7.12. The van der Waals surface area contributed by atoms with Gasteiger partial charge in [0, 0.05) is 5.41 Å². The van der Waals surface area contributed by atoms with E-state index in [1.807, 2.05) is 0 Å². The van der Waals surface area contributed by atoms with Gasteiger partial charge in [-0.15, -0.1) is 0 Å². The third-order valence-electron chi connectivity index (χ3n) is 12.8. The van der Waals surface area contributed by atoms with Gasteiger partial charge >= 0.3 is 0 Å². The van der Waals surface area contributed by atoms with Crippen molar-refractivity contribution >= 4 is 0 Å². The molecule has 0 amide bonds. The Morgan fingerprint density at radius 3 is 2.23 bits per heavy atom. The fourth-order valence-electron chi connectivity index (χ4n) is 10.9. The zero-order valence-electron chi connectivity index (χ0n) is 21.9. The highest BCUT2D eigenvalue weighted by Crippen LogP contribution is 2.79.